The molecular formula is C38H56O16. The van der Waals surface area contributed by atoms with Gasteiger partial charge in [-0.1, -0.05) is 13.8 Å². The van der Waals surface area contributed by atoms with Crippen molar-refractivity contribution >= 4 is 35.8 Å². The molecule has 0 spiro atoms. The molecule has 0 aromatic rings. The van der Waals surface area contributed by atoms with Crippen molar-refractivity contribution in [1.29, 1.82) is 0 Å². The van der Waals surface area contributed by atoms with E-state index in [1.165, 1.54) is 13.8 Å². The van der Waals surface area contributed by atoms with Crippen molar-refractivity contribution in [3.05, 3.63) is 0 Å². The molecule has 5 aliphatic rings. The molecule has 0 aromatic carbocycles. The molecule has 16 nitrogen and oxygen atoms in total. The summed E-state index contributed by atoms with van der Waals surface area (Å²) >= 11 is 0. The normalized spacial score (nSPS) is 41.8. The van der Waals surface area contributed by atoms with Gasteiger partial charge in [0, 0.05) is 40.0 Å². The average molecular weight is 769 g/mol. The molecule has 0 radical (unpaired) electrons. The minimum Gasteiger partial charge on any atom is -0.467 e. The highest BCUT2D eigenvalue weighted by atomic mass is 16.7. The number of esters is 6. The second-order valence-electron chi connectivity index (χ2n) is 16.3. The minimum atomic E-state index is -1.56. The average Bonchev–Trinajstić information content (AvgIpc) is 3.34. The smallest absolute Gasteiger partial charge is 0.339 e. The quantitative estimate of drug-likeness (QED) is 0.185. The molecule has 5 rings (SSSR count). The summed E-state index contributed by atoms with van der Waals surface area (Å²) in [6.45, 7) is 9.76. The number of methoxy groups -OCH3 is 1. The Labute approximate surface area is 315 Å². The third kappa shape index (κ3) is 7.85. The molecule has 304 valence electrons. The van der Waals surface area contributed by atoms with Crippen LogP contribution in [0.1, 0.15) is 99.8 Å². The zero-order chi connectivity index (χ0) is 39.9. The highest BCUT2D eigenvalue weighted by Crippen LogP contribution is 2.69. The Morgan fingerprint density at radius 2 is 1.43 bits per heavy atom. The third-order valence-electron chi connectivity index (χ3n) is 13.2. The lowest BCUT2D eigenvalue weighted by atomic mass is 9.43. The Bertz CT molecular complexity index is 1470. The van der Waals surface area contributed by atoms with Crippen molar-refractivity contribution in [2.45, 2.75) is 154 Å². The molecule has 0 amide bonds. The van der Waals surface area contributed by atoms with Gasteiger partial charge >= 0.3 is 35.8 Å². The number of aliphatic hydroxyl groups is 2. The van der Waals surface area contributed by atoms with Crippen molar-refractivity contribution in [2.75, 3.05) is 13.7 Å². The highest BCUT2D eigenvalue weighted by Gasteiger charge is 2.69. The number of hydrogen-bond donors (Lipinski definition) is 2. The molecule has 1 saturated heterocycles. The van der Waals surface area contributed by atoms with E-state index < -0.39 is 95.8 Å². The fourth-order valence-corrected chi connectivity index (χ4v) is 11.1. The first kappa shape index (κ1) is 41.8. The zero-order valence-corrected chi connectivity index (χ0v) is 32.4. The van der Waals surface area contributed by atoms with Gasteiger partial charge in [0.1, 0.15) is 12.2 Å². The van der Waals surface area contributed by atoms with E-state index in [-0.39, 0.29) is 42.1 Å². The second kappa shape index (κ2) is 16.0. The molecule has 4 aliphatic carbocycles. The summed E-state index contributed by atoms with van der Waals surface area (Å²) in [5, 5.41) is 24.4. The molecule has 2 N–H and O–H groups in total. The van der Waals surface area contributed by atoms with E-state index in [4.69, 9.17) is 37.9 Å². The molecule has 4 saturated carbocycles. The first-order valence-corrected chi connectivity index (χ1v) is 18.9. The standard InChI is InChI=1S/C38H56O16/c1-18(39)48-17-28(49-19(2)40)38(46)14-12-26-25-10-9-23-15-24(11-13-36(23,6)29(25)27(44)16-37(26,38)7)53-35-33(52-22(5)43)31(51-21(4)42)30(50-20(3)41)32(54-35)34(45)47-8/h23-33,35,44,46H,9-17H2,1-8H3/t23-,24-,25+,26-,27-,28-,29-,30+,31+,32+,33-,35-,36-,37-,38+/m1/s1. The number of carbonyl (C=O) groups excluding carboxylic acids is 6. The van der Waals surface area contributed by atoms with Gasteiger partial charge in [-0.05, 0) is 80.5 Å². The maximum atomic E-state index is 12.9. The van der Waals surface area contributed by atoms with Crippen molar-refractivity contribution in [3.63, 3.8) is 0 Å². The van der Waals surface area contributed by atoms with Crippen molar-refractivity contribution in [3.8, 4) is 0 Å². The number of ether oxygens (including phenoxy) is 8. The topological polar surface area (TPSA) is 217 Å². The maximum Gasteiger partial charge on any atom is 0.339 e. The SMILES string of the molecule is COC(=O)[C@H]1O[C@@H](O[C@@H]2CC[C@]3(C)[C@H](CC[C@@H]4[C@@H]3[C@H](O)C[C@]3(C)[C@@H]4CC[C@]3(O)[C@@H](COC(C)=O)OC(C)=O)C2)[C@H](OC(C)=O)[C@@H](OC(C)=O)[C@@H]1OC(C)=O. The van der Waals surface area contributed by atoms with Gasteiger partial charge in [-0.3, -0.25) is 24.0 Å². The van der Waals surface area contributed by atoms with Crippen LogP contribution in [0.2, 0.25) is 0 Å². The Balaban J connectivity index is 1.36. The van der Waals surface area contributed by atoms with E-state index in [0.717, 1.165) is 40.7 Å². The van der Waals surface area contributed by atoms with Crippen LogP contribution >= 0.6 is 0 Å². The number of aliphatic hydroxyl groups excluding tert-OH is 1. The number of fused-ring (bicyclic) bond motifs is 5. The number of carbonyl (C=O) groups is 6. The van der Waals surface area contributed by atoms with Crippen LogP contribution in [0, 0.1) is 34.5 Å². The summed E-state index contributed by atoms with van der Waals surface area (Å²) in [7, 11) is 1.12. The molecule has 16 heteroatoms. The molecule has 1 aliphatic heterocycles. The maximum absolute atomic E-state index is 12.9. The van der Waals surface area contributed by atoms with Gasteiger partial charge in [0.25, 0.3) is 0 Å². The monoisotopic (exact) mass is 768 g/mol. The lowest BCUT2D eigenvalue weighted by Crippen LogP contribution is -2.65. The van der Waals surface area contributed by atoms with Gasteiger partial charge < -0.3 is 48.1 Å². The van der Waals surface area contributed by atoms with Crippen molar-refractivity contribution in [1.82, 2.24) is 0 Å². The first-order chi connectivity index (χ1) is 25.2. The van der Waals surface area contributed by atoms with Crippen LogP contribution in [0.15, 0.2) is 0 Å². The first-order valence-electron chi connectivity index (χ1n) is 18.9. The summed E-state index contributed by atoms with van der Waals surface area (Å²) in [6, 6.07) is 0. The second-order valence-corrected chi connectivity index (χ2v) is 16.3. The van der Waals surface area contributed by atoms with E-state index in [9.17, 15) is 39.0 Å². The zero-order valence-electron chi connectivity index (χ0n) is 32.4. The summed E-state index contributed by atoms with van der Waals surface area (Å²) in [6.07, 6.45) is -5.06. The van der Waals surface area contributed by atoms with Crippen LogP contribution in [0.3, 0.4) is 0 Å². The Kier molecular flexibility index (Phi) is 12.4. The number of rotatable bonds is 10. The highest BCUT2D eigenvalue weighted by molar-refractivity contribution is 5.77. The van der Waals surface area contributed by atoms with Crippen LogP contribution in [0.4, 0.5) is 0 Å². The lowest BCUT2D eigenvalue weighted by Gasteiger charge is -2.63. The van der Waals surface area contributed by atoms with Gasteiger partial charge in [-0.15, -0.1) is 0 Å². The van der Waals surface area contributed by atoms with E-state index in [1.54, 1.807) is 0 Å². The Morgan fingerprint density at radius 1 is 0.796 bits per heavy atom. The molecule has 15 atom stereocenters. The summed E-state index contributed by atoms with van der Waals surface area (Å²) in [5.41, 5.74) is -2.65. The third-order valence-corrected chi connectivity index (χ3v) is 13.2. The van der Waals surface area contributed by atoms with Crippen LogP contribution in [-0.2, 0) is 66.7 Å². The summed E-state index contributed by atoms with van der Waals surface area (Å²) < 4.78 is 44.7. The molecule has 5 fully saturated rings. The van der Waals surface area contributed by atoms with Gasteiger partial charge in [0.2, 0.25) is 0 Å². The fraction of sp³-hybridized carbons (Fsp3) is 0.842. The number of hydrogen-bond acceptors (Lipinski definition) is 16. The van der Waals surface area contributed by atoms with Crippen LogP contribution in [0.25, 0.3) is 0 Å². The molecule has 0 aromatic heterocycles. The Morgan fingerprint density at radius 3 is 2.02 bits per heavy atom. The fourth-order valence-electron chi connectivity index (χ4n) is 11.1. The van der Waals surface area contributed by atoms with Crippen LogP contribution < -0.4 is 0 Å². The molecule has 0 unspecified atom stereocenters. The molecule has 0 bridgehead atoms. The predicted octanol–water partition coefficient (Wildman–Crippen LogP) is 2.30. The van der Waals surface area contributed by atoms with Gasteiger partial charge in [0.15, 0.2) is 36.8 Å². The largest absolute Gasteiger partial charge is 0.467 e. The van der Waals surface area contributed by atoms with Gasteiger partial charge in [-0.25, -0.2) is 4.79 Å². The molecule has 1 heterocycles. The van der Waals surface area contributed by atoms with Gasteiger partial charge in [-0.2, -0.15) is 0 Å². The Hall–Kier alpha value is -3.34. The summed E-state index contributed by atoms with van der Waals surface area (Å²) in [4.78, 5) is 73.3. The minimum absolute atomic E-state index is 0.0109. The van der Waals surface area contributed by atoms with Crippen LogP contribution in [-0.4, -0.2) is 114 Å². The van der Waals surface area contributed by atoms with Gasteiger partial charge in [0.05, 0.1) is 19.3 Å². The van der Waals surface area contributed by atoms with E-state index in [2.05, 4.69) is 6.92 Å². The van der Waals surface area contributed by atoms with E-state index in [0.29, 0.717) is 32.1 Å². The van der Waals surface area contributed by atoms with E-state index >= 15 is 0 Å². The summed E-state index contributed by atoms with van der Waals surface area (Å²) in [5.74, 6) is -4.31. The van der Waals surface area contributed by atoms with Crippen molar-refractivity contribution < 1.29 is 76.9 Å². The predicted molar refractivity (Wildman–Crippen MR) is 182 cm³/mol. The lowest BCUT2D eigenvalue weighted by molar-refractivity contribution is -0.315. The van der Waals surface area contributed by atoms with E-state index in [1.807, 2.05) is 6.92 Å². The molecule has 54 heavy (non-hydrogen) atoms. The van der Waals surface area contributed by atoms with Crippen LogP contribution in [0.5, 0.6) is 0 Å². The van der Waals surface area contributed by atoms with Crippen molar-refractivity contribution in [2.24, 2.45) is 34.5 Å². The molecular weight excluding hydrogens is 712 g/mol.